The van der Waals surface area contributed by atoms with Gasteiger partial charge in [-0.15, -0.1) is 0 Å². The zero-order valence-corrected chi connectivity index (χ0v) is 17.1. The molecule has 0 aliphatic heterocycles. The lowest BCUT2D eigenvalue weighted by molar-refractivity contribution is -0.113. The number of nitrogens with two attached hydrogens (primary N) is 2. The van der Waals surface area contributed by atoms with E-state index in [4.69, 9.17) is 22.3 Å². The molecule has 13 heteroatoms. The average molecular weight is 460 g/mol. The quantitative estimate of drug-likeness (QED) is 0.167. The number of nitrogens with zero attached hydrogens (tertiary/aromatic N) is 2. The summed E-state index contributed by atoms with van der Waals surface area (Å²) in [5.74, 6) is -1.69. The number of allylic oxidation sites excluding steroid dienone is 1. The summed E-state index contributed by atoms with van der Waals surface area (Å²) >= 11 is 0. The summed E-state index contributed by atoms with van der Waals surface area (Å²) < 4.78 is 38.2. The van der Waals surface area contributed by atoms with Crippen molar-refractivity contribution in [2.24, 2.45) is 10.7 Å². The highest BCUT2D eigenvalue weighted by Gasteiger charge is 2.38. The fraction of sp³-hybridized carbons (Fsp3) is 0.100. The molecule has 10 nitrogen and oxygen atoms in total. The molecule has 1 aromatic heterocycles. The van der Waals surface area contributed by atoms with Gasteiger partial charge in [0.1, 0.15) is 17.2 Å². The highest BCUT2D eigenvalue weighted by atomic mass is 19.4. The van der Waals surface area contributed by atoms with Crippen molar-refractivity contribution in [3.8, 4) is 0 Å². The van der Waals surface area contributed by atoms with Gasteiger partial charge in [-0.1, -0.05) is 12.1 Å². The molecular formula is C20H19F3N8O2. The van der Waals surface area contributed by atoms with Crippen molar-refractivity contribution in [3.63, 3.8) is 0 Å². The number of carbonyl (C=O) groups is 2. The summed E-state index contributed by atoms with van der Waals surface area (Å²) in [6, 6.07) is 7.63. The molecule has 0 bridgehead atoms. The third-order valence-electron chi connectivity index (χ3n) is 4.05. The van der Waals surface area contributed by atoms with E-state index in [1.165, 1.54) is 43.3 Å². The number of alkyl halides is 3. The predicted octanol–water partition coefficient (Wildman–Crippen LogP) is 3.07. The van der Waals surface area contributed by atoms with Crippen LogP contribution in [0.5, 0.6) is 0 Å². The third-order valence-corrected chi connectivity index (χ3v) is 4.05. The predicted molar refractivity (Wildman–Crippen MR) is 119 cm³/mol. The van der Waals surface area contributed by atoms with Crippen LogP contribution in [0.25, 0.3) is 0 Å². The summed E-state index contributed by atoms with van der Waals surface area (Å²) in [5, 5.41) is 19.0. The molecule has 33 heavy (non-hydrogen) atoms. The lowest BCUT2D eigenvalue weighted by Gasteiger charge is -2.12. The SMILES string of the molecule is C/C=C(\C(=N)C(F)(F)F)C(=O)Nc1cccc(/C(N)=N/C(=O)Nc2ccc(N)c(C=N)c2)n1. The molecule has 0 fully saturated rings. The summed E-state index contributed by atoms with van der Waals surface area (Å²) in [4.78, 5) is 31.9. The van der Waals surface area contributed by atoms with Crippen LogP contribution in [-0.4, -0.2) is 40.9 Å². The van der Waals surface area contributed by atoms with Crippen LogP contribution in [0.2, 0.25) is 0 Å². The molecule has 1 heterocycles. The van der Waals surface area contributed by atoms with E-state index in [0.717, 1.165) is 12.3 Å². The molecule has 1 aromatic carbocycles. The van der Waals surface area contributed by atoms with Crippen molar-refractivity contribution in [1.29, 1.82) is 10.8 Å². The Kier molecular flexibility index (Phi) is 7.62. The summed E-state index contributed by atoms with van der Waals surface area (Å²) in [6.07, 6.45) is -3.12. The molecule has 0 spiro atoms. The first-order valence-electron chi connectivity index (χ1n) is 9.12. The Balaban J connectivity index is 2.16. The van der Waals surface area contributed by atoms with Gasteiger partial charge in [-0.3, -0.25) is 10.2 Å². The van der Waals surface area contributed by atoms with E-state index < -0.39 is 29.4 Å². The van der Waals surface area contributed by atoms with Gasteiger partial charge >= 0.3 is 12.2 Å². The van der Waals surface area contributed by atoms with Crippen LogP contribution in [0.4, 0.5) is 35.2 Å². The third kappa shape index (κ3) is 6.46. The Labute approximate surface area is 185 Å². The minimum atomic E-state index is -5.00. The Bertz CT molecular complexity index is 1170. The van der Waals surface area contributed by atoms with Crippen molar-refractivity contribution in [2.45, 2.75) is 13.1 Å². The molecule has 0 unspecified atom stereocenters. The van der Waals surface area contributed by atoms with E-state index in [1.54, 1.807) is 0 Å². The maximum atomic E-state index is 12.7. The molecule has 3 amide bonds. The molecule has 2 rings (SSSR count). The number of aromatic nitrogens is 1. The second-order valence-electron chi connectivity index (χ2n) is 6.35. The van der Waals surface area contributed by atoms with Gasteiger partial charge in [0.15, 0.2) is 5.84 Å². The van der Waals surface area contributed by atoms with E-state index in [9.17, 15) is 22.8 Å². The van der Waals surface area contributed by atoms with Crippen LogP contribution in [0.15, 0.2) is 53.0 Å². The Morgan fingerprint density at radius 3 is 2.48 bits per heavy atom. The van der Waals surface area contributed by atoms with Gasteiger partial charge in [0.2, 0.25) is 0 Å². The van der Waals surface area contributed by atoms with Gasteiger partial charge in [-0.25, -0.2) is 9.78 Å². The number of nitrogen functional groups attached to an aromatic ring is 1. The lowest BCUT2D eigenvalue weighted by Crippen LogP contribution is -2.30. The number of carbonyl (C=O) groups excluding carboxylic acids is 2. The second-order valence-corrected chi connectivity index (χ2v) is 6.35. The van der Waals surface area contributed by atoms with E-state index in [2.05, 4.69) is 20.6 Å². The van der Waals surface area contributed by atoms with Crippen LogP contribution < -0.4 is 22.1 Å². The average Bonchev–Trinajstić information content (AvgIpc) is 2.75. The molecule has 0 saturated carbocycles. The Morgan fingerprint density at radius 1 is 1.18 bits per heavy atom. The number of anilines is 3. The minimum Gasteiger partial charge on any atom is -0.398 e. The van der Waals surface area contributed by atoms with Crippen molar-refractivity contribution < 1.29 is 22.8 Å². The largest absolute Gasteiger partial charge is 0.433 e. The topological polar surface area (TPSA) is 183 Å². The maximum Gasteiger partial charge on any atom is 0.433 e. The molecule has 0 radical (unpaired) electrons. The van der Waals surface area contributed by atoms with Crippen LogP contribution in [0, 0.1) is 10.8 Å². The van der Waals surface area contributed by atoms with E-state index in [1.807, 2.05) is 0 Å². The highest BCUT2D eigenvalue weighted by molar-refractivity contribution is 6.25. The number of aliphatic imine (C=N–C) groups is 1. The van der Waals surface area contributed by atoms with Crippen molar-refractivity contribution in [3.05, 3.63) is 59.3 Å². The second kappa shape index (κ2) is 10.2. The number of benzene rings is 1. The molecular weight excluding hydrogens is 441 g/mol. The Morgan fingerprint density at radius 2 is 1.88 bits per heavy atom. The fourth-order valence-corrected chi connectivity index (χ4v) is 2.47. The monoisotopic (exact) mass is 460 g/mol. The number of nitrogens with one attached hydrogen (secondary N) is 4. The van der Waals surface area contributed by atoms with Crippen molar-refractivity contribution >= 4 is 46.9 Å². The van der Waals surface area contributed by atoms with Gasteiger partial charge in [-0.05, 0) is 37.3 Å². The smallest absolute Gasteiger partial charge is 0.398 e. The van der Waals surface area contributed by atoms with E-state index in [0.29, 0.717) is 16.9 Å². The highest BCUT2D eigenvalue weighted by Crippen LogP contribution is 2.22. The van der Waals surface area contributed by atoms with Gasteiger partial charge in [0, 0.05) is 23.2 Å². The molecule has 0 aliphatic carbocycles. The van der Waals surface area contributed by atoms with Crippen molar-refractivity contribution in [1.82, 2.24) is 4.98 Å². The standard InChI is InChI=1S/C20H19F3N8O2/c1-2-12(16(26)20(21,22)23)18(32)30-15-5-3-4-14(29-15)17(27)31-19(33)28-11-6-7-13(25)10(8-11)9-24/h2-9,24,26H,25H2,1H3,(H,29,30,32)(H3,27,28,31,33)/b12-2+,24-9?,26-16?. The molecule has 0 atom stereocenters. The van der Waals surface area contributed by atoms with Gasteiger partial charge < -0.3 is 27.5 Å². The molecule has 172 valence electrons. The van der Waals surface area contributed by atoms with Gasteiger partial charge in [0.25, 0.3) is 5.91 Å². The lowest BCUT2D eigenvalue weighted by atomic mass is 10.1. The molecule has 8 N–H and O–H groups in total. The number of amidine groups is 1. The van der Waals surface area contributed by atoms with Crippen molar-refractivity contribution in [2.75, 3.05) is 16.4 Å². The number of amides is 3. The molecule has 0 saturated heterocycles. The number of halogens is 3. The van der Waals surface area contributed by atoms with E-state index in [-0.39, 0.29) is 17.3 Å². The first-order valence-corrected chi connectivity index (χ1v) is 9.12. The maximum absolute atomic E-state index is 12.7. The zero-order valence-electron chi connectivity index (χ0n) is 17.1. The number of pyridine rings is 1. The molecule has 0 aliphatic rings. The van der Waals surface area contributed by atoms with E-state index >= 15 is 0 Å². The number of urea groups is 1. The summed E-state index contributed by atoms with van der Waals surface area (Å²) in [7, 11) is 0. The normalized spacial score (nSPS) is 12.1. The number of hydrogen-bond donors (Lipinski definition) is 6. The number of rotatable bonds is 6. The summed E-state index contributed by atoms with van der Waals surface area (Å²) in [6.45, 7) is 1.19. The van der Waals surface area contributed by atoms with Crippen LogP contribution in [-0.2, 0) is 4.79 Å². The first kappa shape index (κ1) is 24.7. The van der Waals surface area contributed by atoms with Gasteiger partial charge in [0.05, 0.1) is 5.57 Å². The first-order chi connectivity index (χ1) is 15.5. The number of hydrogen-bond acceptors (Lipinski definition) is 6. The van der Waals surface area contributed by atoms with Crippen LogP contribution >= 0.6 is 0 Å². The fourth-order valence-electron chi connectivity index (χ4n) is 2.47. The van der Waals surface area contributed by atoms with Crippen LogP contribution in [0.3, 0.4) is 0 Å². The van der Waals surface area contributed by atoms with Gasteiger partial charge in [-0.2, -0.15) is 18.2 Å². The minimum absolute atomic E-state index is 0.0339. The zero-order chi connectivity index (χ0) is 24.8. The summed E-state index contributed by atoms with van der Waals surface area (Å²) in [5.41, 5.74) is 9.79. The Hall–Kier alpha value is -4.55. The van der Waals surface area contributed by atoms with Crippen LogP contribution in [0.1, 0.15) is 18.2 Å². The molecule has 2 aromatic rings.